The molecule has 0 bridgehead atoms. The number of alkyl halides is 3. The van der Waals surface area contributed by atoms with Gasteiger partial charge < -0.3 is 0 Å². The van der Waals surface area contributed by atoms with Crippen molar-refractivity contribution in [3.8, 4) is 0 Å². The number of rotatable bonds is 1. The first-order valence-corrected chi connectivity index (χ1v) is 6.02. The molecule has 1 fully saturated rings. The fourth-order valence-corrected chi connectivity index (χ4v) is 2.31. The fraction of sp³-hybridized carbons (Fsp3) is 0.273. The fourth-order valence-electron chi connectivity index (χ4n) is 1.40. The van der Waals surface area contributed by atoms with Gasteiger partial charge in [0.1, 0.15) is 0 Å². The van der Waals surface area contributed by atoms with E-state index >= 15 is 0 Å². The van der Waals surface area contributed by atoms with Crippen molar-refractivity contribution in [3.63, 3.8) is 0 Å². The van der Waals surface area contributed by atoms with Crippen LogP contribution in [0.2, 0.25) is 0 Å². The minimum atomic E-state index is -4.39. The lowest BCUT2D eigenvalue weighted by molar-refractivity contribution is -0.137. The lowest BCUT2D eigenvalue weighted by atomic mass is 10.2. The van der Waals surface area contributed by atoms with Crippen molar-refractivity contribution >= 4 is 28.5 Å². The Balaban J connectivity index is 2.30. The number of thioether (sulfide) groups is 1. The molecule has 3 nitrogen and oxygen atoms in total. The van der Waals surface area contributed by atoms with Gasteiger partial charge in [0.25, 0.3) is 0 Å². The van der Waals surface area contributed by atoms with Crippen LogP contribution in [-0.4, -0.2) is 28.8 Å². The maximum atomic E-state index is 12.5. The molecule has 1 heterocycles. The van der Waals surface area contributed by atoms with E-state index in [0.29, 0.717) is 5.17 Å². The molecule has 1 amide bonds. The van der Waals surface area contributed by atoms with Crippen LogP contribution in [0, 0.1) is 0 Å². The smallest absolute Gasteiger partial charge is 0.294 e. The van der Waals surface area contributed by atoms with E-state index in [0.717, 1.165) is 12.1 Å². The van der Waals surface area contributed by atoms with Crippen LogP contribution < -0.4 is 0 Å². The predicted octanol–water partition coefficient (Wildman–Crippen LogP) is 2.90. The quantitative estimate of drug-likeness (QED) is 0.788. The topological polar surface area (TPSA) is 32.7 Å². The molecule has 7 heteroatoms. The Bertz CT molecular complexity index is 513. The molecule has 0 saturated carbocycles. The van der Waals surface area contributed by atoms with Gasteiger partial charge in [0.2, 0.25) is 5.91 Å². The molecular weight excluding hydrogens is 265 g/mol. The van der Waals surface area contributed by atoms with E-state index in [1.165, 1.54) is 28.8 Å². The first-order chi connectivity index (χ1) is 8.38. The number of benzene rings is 1. The number of amides is 1. The van der Waals surface area contributed by atoms with Gasteiger partial charge in [-0.15, -0.1) is 0 Å². The molecule has 1 saturated heterocycles. The van der Waals surface area contributed by atoms with Crippen molar-refractivity contribution < 1.29 is 18.0 Å². The summed E-state index contributed by atoms with van der Waals surface area (Å²) < 4.78 is 37.5. The summed E-state index contributed by atoms with van der Waals surface area (Å²) in [7, 11) is 1.55. The number of carbonyl (C=O) groups excluding carboxylic acids is 1. The summed E-state index contributed by atoms with van der Waals surface area (Å²) in [4.78, 5) is 16.6. The average Bonchev–Trinajstić information content (AvgIpc) is 2.60. The average molecular weight is 274 g/mol. The third-order valence-corrected chi connectivity index (χ3v) is 3.40. The highest BCUT2D eigenvalue weighted by Gasteiger charge is 2.30. The van der Waals surface area contributed by atoms with Gasteiger partial charge in [-0.05, 0) is 18.2 Å². The number of nitrogens with zero attached hydrogens (tertiary/aromatic N) is 2. The van der Waals surface area contributed by atoms with E-state index < -0.39 is 11.7 Å². The molecule has 1 aliphatic heterocycles. The molecular formula is C11H9F3N2OS. The lowest BCUT2D eigenvalue weighted by Crippen LogP contribution is -2.24. The monoisotopic (exact) mass is 274 g/mol. The van der Waals surface area contributed by atoms with Crippen molar-refractivity contribution in [2.24, 2.45) is 4.99 Å². The van der Waals surface area contributed by atoms with Crippen molar-refractivity contribution in [1.29, 1.82) is 0 Å². The maximum absolute atomic E-state index is 12.5. The Kier molecular flexibility index (Phi) is 3.34. The van der Waals surface area contributed by atoms with Crippen molar-refractivity contribution in [2.75, 3.05) is 12.8 Å². The lowest BCUT2D eigenvalue weighted by Gasteiger charge is -2.09. The molecule has 1 aromatic carbocycles. The number of hydrogen-bond donors (Lipinski definition) is 0. The predicted molar refractivity (Wildman–Crippen MR) is 63.8 cm³/mol. The largest absolute Gasteiger partial charge is 0.416 e. The van der Waals surface area contributed by atoms with Crippen LogP contribution in [0.1, 0.15) is 5.56 Å². The van der Waals surface area contributed by atoms with Gasteiger partial charge in [-0.1, -0.05) is 17.8 Å². The number of amidine groups is 1. The van der Waals surface area contributed by atoms with Crippen LogP contribution in [-0.2, 0) is 11.0 Å². The maximum Gasteiger partial charge on any atom is 0.416 e. The Morgan fingerprint density at radius 3 is 2.67 bits per heavy atom. The summed E-state index contributed by atoms with van der Waals surface area (Å²) in [5.41, 5.74) is -0.560. The van der Waals surface area contributed by atoms with Crippen LogP contribution >= 0.6 is 11.8 Å². The van der Waals surface area contributed by atoms with E-state index in [9.17, 15) is 18.0 Å². The number of hydrogen-bond acceptors (Lipinski definition) is 3. The summed E-state index contributed by atoms with van der Waals surface area (Å²) in [5.74, 6) is 0.166. The zero-order valence-electron chi connectivity index (χ0n) is 9.36. The molecule has 0 unspecified atom stereocenters. The molecule has 2 rings (SSSR count). The van der Waals surface area contributed by atoms with Crippen molar-refractivity contribution in [1.82, 2.24) is 4.90 Å². The molecule has 96 valence electrons. The zero-order chi connectivity index (χ0) is 13.3. The normalized spacial score (nSPS) is 18.8. The Hall–Kier alpha value is -1.50. The van der Waals surface area contributed by atoms with Gasteiger partial charge in [0.15, 0.2) is 5.17 Å². The second-order valence-corrected chi connectivity index (χ2v) is 4.63. The second kappa shape index (κ2) is 4.64. The van der Waals surface area contributed by atoms with Crippen LogP contribution in [0.5, 0.6) is 0 Å². The van der Waals surface area contributed by atoms with Crippen LogP contribution in [0.3, 0.4) is 0 Å². The van der Waals surface area contributed by atoms with Crippen LogP contribution in [0.25, 0.3) is 0 Å². The van der Waals surface area contributed by atoms with Gasteiger partial charge in [0.05, 0.1) is 17.0 Å². The molecule has 1 aliphatic rings. The zero-order valence-corrected chi connectivity index (χ0v) is 10.2. The number of carbonyl (C=O) groups is 1. The van der Waals surface area contributed by atoms with Gasteiger partial charge in [-0.2, -0.15) is 13.2 Å². The van der Waals surface area contributed by atoms with E-state index in [4.69, 9.17) is 0 Å². The summed E-state index contributed by atoms with van der Waals surface area (Å²) >= 11 is 1.21. The standard InChI is InChI=1S/C11H9F3N2OS/c1-16-9(17)6-18-10(16)15-8-4-2-3-7(5-8)11(12,13)14/h2-5H,6H2,1H3. The Labute approximate surface area is 106 Å². The highest BCUT2D eigenvalue weighted by Crippen LogP contribution is 2.32. The first-order valence-electron chi connectivity index (χ1n) is 5.03. The minimum Gasteiger partial charge on any atom is -0.294 e. The van der Waals surface area contributed by atoms with Crippen LogP contribution in [0.15, 0.2) is 29.3 Å². The molecule has 18 heavy (non-hydrogen) atoms. The minimum absolute atomic E-state index is 0.106. The highest BCUT2D eigenvalue weighted by atomic mass is 32.2. The van der Waals surface area contributed by atoms with Gasteiger partial charge in [0, 0.05) is 7.05 Å². The van der Waals surface area contributed by atoms with Crippen molar-refractivity contribution in [2.45, 2.75) is 6.18 Å². The first kappa shape index (κ1) is 12.9. The molecule has 0 atom stereocenters. The molecule has 0 N–H and O–H groups in total. The summed E-state index contributed by atoms with van der Waals surface area (Å²) in [6.07, 6.45) is -4.39. The SMILES string of the molecule is CN1C(=O)CSC1=Nc1cccc(C(F)(F)F)c1. The molecule has 0 spiro atoms. The highest BCUT2D eigenvalue weighted by molar-refractivity contribution is 8.15. The molecule has 1 aromatic rings. The summed E-state index contributed by atoms with van der Waals surface area (Å²) in [5, 5.41) is 0.416. The Morgan fingerprint density at radius 1 is 1.39 bits per heavy atom. The van der Waals surface area contributed by atoms with Crippen molar-refractivity contribution in [3.05, 3.63) is 29.8 Å². The third-order valence-electron chi connectivity index (χ3n) is 2.38. The van der Waals surface area contributed by atoms with Gasteiger partial charge in [-0.25, -0.2) is 4.99 Å². The second-order valence-electron chi connectivity index (χ2n) is 3.68. The van der Waals surface area contributed by atoms with Crippen LogP contribution in [0.4, 0.5) is 18.9 Å². The van der Waals surface area contributed by atoms with E-state index in [-0.39, 0.29) is 17.3 Å². The van der Waals surface area contributed by atoms with Gasteiger partial charge in [-0.3, -0.25) is 9.69 Å². The third kappa shape index (κ3) is 2.66. The molecule has 0 aliphatic carbocycles. The summed E-state index contributed by atoms with van der Waals surface area (Å²) in [6.45, 7) is 0. The summed E-state index contributed by atoms with van der Waals surface area (Å²) in [6, 6.07) is 4.72. The Morgan fingerprint density at radius 2 is 2.11 bits per heavy atom. The number of aliphatic imine (C=N–C) groups is 1. The van der Waals surface area contributed by atoms with E-state index in [2.05, 4.69) is 4.99 Å². The van der Waals surface area contributed by atoms with E-state index in [1.54, 1.807) is 7.05 Å². The number of halogens is 3. The molecule has 0 aromatic heterocycles. The van der Waals surface area contributed by atoms with Gasteiger partial charge >= 0.3 is 6.18 Å². The van der Waals surface area contributed by atoms with E-state index in [1.807, 2.05) is 0 Å². The molecule has 0 radical (unpaired) electrons.